The Balaban J connectivity index is 1.48. The molecule has 6 heteroatoms. The Hall–Kier alpha value is -2.34. The van der Waals surface area contributed by atoms with Gasteiger partial charge in [0.1, 0.15) is 5.75 Å². The van der Waals surface area contributed by atoms with Crippen LogP contribution in [-0.4, -0.2) is 34.1 Å². The van der Waals surface area contributed by atoms with Crippen molar-refractivity contribution < 1.29 is 14.3 Å². The lowest BCUT2D eigenvalue weighted by Gasteiger charge is -2.20. The van der Waals surface area contributed by atoms with Gasteiger partial charge in [0.2, 0.25) is 0 Å². The number of carbonyl (C=O) groups excluding carboxylic acids is 1. The molecule has 1 amide bonds. The highest BCUT2D eigenvalue weighted by Crippen LogP contribution is 2.28. The van der Waals surface area contributed by atoms with Crippen molar-refractivity contribution in [2.24, 2.45) is 0 Å². The summed E-state index contributed by atoms with van der Waals surface area (Å²) in [4.78, 5) is 16.3. The van der Waals surface area contributed by atoms with Gasteiger partial charge in [-0.2, -0.15) is 0 Å². The molecule has 2 aromatic rings. The van der Waals surface area contributed by atoms with Gasteiger partial charge in [0, 0.05) is 23.7 Å². The third-order valence-electron chi connectivity index (χ3n) is 4.45. The van der Waals surface area contributed by atoms with E-state index in [4.69, 9.17) is 4.42 Å². The molecule has 3 heterocycles. The van der Waals surface area contributed by atoms with Crippen molar-refractivity contribution in [2.45, 2.75) is 37.4 Å². The van der Waals surface area contributed by atoms with Crippen LogP contribution in [0, 0.1) is 0 Å². The number of fused-ring (bicyclic) bond motifs is 2. The van der Waals surface area contributed by atoms with Gasteiger partial charge in [0.25, 0.3) is 5.89 Å². The minimum atomic E-state index is -0.286. The van der Waals surface area contributed by atoms with Gasteiger partial charge in [-0.05, 0) is 31.4 Å². The van der Waals surface area contributed by atoms with Gasteiger partial charge in [-0.15, -0.1) is 0 Å². The number of nitrogens with one attached hydrogen (secondary N) is 2. The van der Waals surface area contributed by atoms with Crippen molar-refractivity contribution in [1.82, 2.24) is 15.6 Å². The second-order valence-corrected chi connectivity index (χ2v) is 5.94. The van der Waals surface area contributed by atoms with Gasteiger partial charge >= 0.3 is 5.91 Å². The number of carbonyl (C=O) groups is 1. The molecule has 1 aromatic carbocycles. The molecular weight excluding hydrogens is 282 g/mol. The first-order chi connectivity index (χ1) is 10.7. The molecule has 2 aliphatic rings. The zero-order chi connectivity index (χ0) is 15.1. The largest absolute Gasteiger partial charge is 0.508 e. The first-order valence-electron chi connectivity index (χ1n) is 7.51. The Morgan fingerprint density at radius 2 is 2.32 bits per heavy atom. The molecule has 2 saturated heterocycles. The SMILES string of the molecule is O=C(NC1CC2CCC1N2)c1ncc(-c2cccc(O)c2)o1. The highest BCUT2D eigenvalue weighted by Gasteiger charge is 2.40. The molecule has 4 rings (SSSR count). The average Bonchev–Trinajstić information content (AvgIpc) is 3.23. The molecule has 0 saturated carbocycles. The van der Waals surface area contributed by atoms with Crippen LogP contribution in [-0.2, 0) is 0 Å². The van der Waals surface area contributed by atoms with Crippen molar-refractivity contribution in [3.8, 4) is 17.1 Å². The van der Waals surface area contributed by atoms with E-state index in [0.29, 0.717) is 23.4 Å². The highest BCUT2D eigenvalue weighted by atomic mass is 16.4. The van der Waals surface area contributed by atoms with Gasteiger partial charge in [-0.3, -0.25) is 4.79 Å². The summed E-state index contributed by atoms with van der Waals surface area (Å²) < 4.78 is 5.52. The van der Waals surface area contributed by atoms with Crippen LogP contribution in [0.1, 0.15) is 29.9 Å². The van der Waals surface area contributed by atoms with Crippen LogP contribution < -0.4 is 10.6 Å². The van der Waals surface area contributed by atoms with E-state index >= 15 is 0 Å². The number of aromatic hydroxyl groups is 1. The van der Waals surface area contributed by atoms with Crippen LogP contribution in [0.3, 0.4) is 0 Å². The second-order valence-electron chi connectivity index (χ2n) is 5.94. The maximum atomic E-state index is 12.2. The molecular formula is C16H17N3O3. The normalized spacial score (nSPS) is 26.3. The zero-order valence-corrected chi connectivity index (χ0v) is 12.0. The van der Waals surface area contributed by atoms with E-state index < -0.39 is 0 Å². The maximum Gasteiger partial charge on any atom is 0.307 e. The fraction of sp³-hybridized carbons (Fsp3) is 0.375. The van der Waals surface area contributed by atoms with E-state index in [0.717, 1.165) is 12.8 Å². The summed E-state index contributed by atoms with van der Waals surface area (Å²) in [6, 6.07) is 7.72. The molecule has 1 aromatic heterocycles. The zero-order valence-electron chi connectivity index (χ0n) is 12.0. The van der Waals surface area contributed by atoms with Crippen LogP contribution in [0.25, 0.3) is 11.3 Å². The summed E-state index contributed by atoms with van der Waals surface area (Å²) in [5, 5.41) is 16.0. The van der Waals surface area contributed by atoms with Gasteiger partial charge in [-0.1, -0.05) is 12.1 Å². The fourth-order valence-corrected chi connectivity index (χ4v) is 3.39. The van der Waals surface area contributed by atoms with Gasteiger partial charge in [-0.25, -0.2) is 4.98 Å². The molecule has 3 atom stereocenters. The number of hydrogen-bond acceptors (Lipinski definition) is 5. The summed E-state index contributed by atoms with van der Waals surface area (Å²) >= 11 is 0. The first-order valence-corrected chi connectivity index (χ1v) is 7.51. The summed E-state index contributed by atoms with van der Waals surface area (Å²) in [7, 11) is 0. The molecule has 3 unspecified atom stereocenters. The monoisotopic (exact) mass is 299 g/mol. The number of benzene rings is 1. The van der Waals surface area contributed by atoms with Gasteiger partial charge in [0.05, 0.1) is 6.20 Å². The van der Waals surface area contributed by atoms with Crippen molar-refractivity contribution in [3.05, 3.63) is 36.4 Å². The lowest BCUT2D eigenvalue weighted by Crippen LogP contribution is -2.43. The summed E-state index contributed by atoms with van der Waals surface area (Å²) in [5.74, 6) is 0.381. The molecule has 22 heavy (non-hydrogen) atoms. The van der Waals surface area contributed by atoms with Gasteiger partial charge < -0.3 is 20.2 Å². The fourth-order valence-electron chi connectivity index (χ4n) is 3.39. The molecule has 114 valence electrons. The number of phenols is 1. The van der Waals surface area contributed by atoms with Crippen LogP contribution >= 0.6 is 0 Å². The molecule has 0 spiro atoms. The molecule has 0 radical (unpaired) electrons. The summed E-state index contributed by atoms with van der Waals surface area (Å²) in [6.45, 7) is 0. The molecule has 6 nitrogen and oxygen atoms in total. The standard InChI is InChI=1S/C16H17N3O3/c20-11-3-1-2-9(6-11)14-8-17-16(22-14)15(21)19-13-7-10-4-5-12(13)18-10/h1-3,6,8,10,12-13,18,20H,4-5,7H2,(H,19,21). The van der Waals surface area contributed by atoms with Crippen molar-refractivity contribution >= 4 is 5.91 Å². The number of nitrogens with zero attached hydrogens (tertiary/aromatic N) is 1. The van der Waals surface area contributed by atoms with Crippen LogP contribution in [0.5, 0.6) is 5.75 Å². The molecule has 0 aliphatic carbocycles. The van der Waals surface area contributed by atoms with E-state index in [1.165, 1.54) is 12.6 Å². The number of aromatic nitrogens is 1. The Kier molecular flexibility index (Phi) is 3.11. The van der Waals surface area contributed by atoms with E-state index in [-0.39, 0.29) is 23.6 Å². The van der Waals surface area contributed by atoms with Crippen molar-refractivity contribution in [2.75, 3.05) is 0 Å². The average molecular weight is 299 g/mol. The van der Waals surface area contributed by atoms with Crippen molar-refractivity contribution in [3.63, 3.8) is 0 Å². The van der Waals surface area contributed by atoms with Crippen LogP contribution in [0.4, 0.5) is 0 Å². The Bertz CT molecular complexity index is 712. The molecule has 2 aliphatic heterocycles. The number of amides is 1. The predicted molar refractivity (Wildman–Crippen MR) is 79.4 cm³/mol. The quantitative estimate of drug-likeness (QED) is 0.802. The minimum Gasteiger partial charge on any atom is -0.508 e. The lowest BCUT2D eigenvalue weighted by molar-refractivity contribution is 0.0896. The molecule has 2 fully saturated rings. The van der Waals surface area contributed by atoms with E-state index in [1.54, 1.807) is 24.3 Å². The third kappa shape index (κ3) is 2.35. The minimum absolute atomic E-state index is 0.0566. The van der Waals surface area contributed by atoms with Crippen LogP contribution in [0.2, 0.25) is 0 Å². The lowest BCUT2D eigenvalue weighted by atomic mass is 9.95. The third-order valence-corrected chi connectivity index (χ3v) is 4.45. The Morgan fingerprint density at radius 3 is 3.05 bits per heavy atom. The number of hydrogen-bond donors (Lipinski definition) is 3. The number of rotatable bonds is 3. The highest BCUT2D eigenvalue weighted by molar-refractivity contribution is 5.90. The Morgan fingerprint density at radius 1 is 1.41 bits per heavy atom. The van der Waals surface area contributed by atoms with Crippen LogP contribution in [0.15, 0.2) is 34.9 Å². The predicted octanol–water partition coefficient (Wildman–Crippen LogP) is 1.67. The number of oxazole rings is 1. The maximum absolute atomic E-state index is 12.2. The van der Waals surface area contributed by atoms with Gasteiger partial charge in [0.15, 0.2) is 5.76 Å². The van der Waals surface area contributed by atoms with E-state index in [9.17, 15) is 9.90 Å². The molecule has 2 bridgehead atoms. The number of phenolic OH excluding ortho intramolecular Hbond substituents is 1. The molecule has 3 N–H and O–H groups in total. The summed E-state index contributed by atoms with van der Waals surface area (Å²) in [6.07, 6.45) is 4.77. The van der Waals surface area contributed by atoms with Crippen molar-refractivity contribution in [1.29, 1.82) is 0 Å². The Labute approximate surface area is 127 Å². The van der Waals surface area contributed by atoms with E-state index in [1.807, 2.05) is 0 Å². The smallest absolute Gasteiger partial charge is 0.307 e. The second kappa shape index (κ2) is 5.14. The summed E-state index contributed by atoms with van der Waals surface area (Å²) in [5.41, 5.74) is 0.688. The van der Waals surface area contributed by atoms with E-state index in [2.05, 4.69) is 15.6 Å². The topological polar surface area (TPSA) is 87.4 Å². The first kappa shape index (κ1) is 13.3.